The number of nitrogens with zero attached hydrogens (tertiary/aromatic N) is 1. The van der Waals surface area contributed by atoms with Gasteiger partial charge in [-0.2, -0.15) is 0 Å². The van der Waals surface area contributed by atoms with Gasteiger partial charge in [0.25, 0.3) is 0 Å². The standard InChI is InChI=1S/C54H87NO22/c1-30-18-16-14-12-10-8-6-7-9-11-13-15-17-19-37(76-52-49(67)45(47(65)33(4)75-52)55(5)29-54(72)50(68)48(66)41(62)28-73-54)25-42-44(51(69)70)40(61)27-53(71,77-42)26-39(60)38(59)21-20-34(56)22-35(57)23-36(58)24-43(63)74-32(3)31(2)46(30)64/h6-7,9,11-19,30-42,44-50,52,56-62,64-68,71-72H,8,10,20-29H2,1-5H3,(H,69,70)/b7-6+,11-9+,14-12+,15-13+,18-16+,19-17+/t30-,31-,32-,33+,34+,35+,36+,37-,38+,39+,40-,41+,42-,44+,45-,46+,47+,48+,49-,50-,52+,53+,54+/m0/s1. The van der Waals surface area contributed by atoms with Crippen LogP contribution in [0.15, 0.2) is 72.9 Å². The third-order valence-corrected chi connectivity index (χ3v) is 14.8. The van der Waals surface area contributed by atoms with Crippen LogP contribution in [0.2, 0.25) is 0 Å². The van der Waals surface area contributed by atoms with E-state index in [1.807, 2.05) is 43.4 Å². The smallest absolute Gasteiger partial charge is 0.311 e. The quantitative estimate of drug-likeness (QED) is 0.138. The van der Waals surface area contributed by atoms with Crippen LogP contribution >= 0.6 is 0 Å². The summed E-state index contributed by atoms with van der Waals surface area (Å²) in [6, 6.07) is -1.31. The van der Waals surface area contributed by atoms with Gasteiger partial charge in [-0.15, -0.1) is 0 Å². The maximum Gasteiger partial charge on any atom is 0.311 e. The molecule has 0 aliphatic carbocycles. The number of fused-ring (bicyclic) bond motifs is 2. The van der Waals surface area contributed by atoms with E-state index < -0.39 is 184 Å². The van der Waals surface area contributed by atoms with Crippen molar-refractivity contribution in [2.24, 2.45) is 17.8 Å². The van der Waals surface area contributed by atoms with Gasteiger partial charge in [0.2, 0.25) is 5.79 Å². The molecule has 2 bridgehead atoms. The number of rotatable bonds is 6. The Morgan fingerprint density at radius 2 is 1.27 bits per heavy atom. The Bertz CT molecular complexity index is 1990. The van der Waals surface area contributed by atoms with Crippen molar-refractivity contribution in [3.8, 4) is 0 Å². The first-order valence-corrected chi connectivity index (χ1v) is 26.5. The number of ether oxygens (including phenoxy) is 5. The maximum atomic E-state index is 12.7. The van der Waals surface area contributed by atoms with Crippen LogP contribution in [-0.4, -0.2) is 235 Å². The SMILES string of the molecule is C[C@@H]1[C@H](O)[C@@H](C)/C=C/C=C/CC/C=C/C=C/C=C/C=C/[C@H](O[C@H]2O[C@H](C)[C@@H](O)[C@H](N(C)C[C@@]3(O)OC[C@@H](O)[C@@H](O)[C@@H]3O)[C@@H]2O)C[C@@H]2O[C@](O)(C[C@@H](O)[C@H](O)CC[C@@H](O)C[C@@H](O)C[C@@H](O)CC(=O)O[C@H]1C)C[C@H](O)[C@H]2C(=O)O. The van der Waals surface area contributed by atoms with Crippen molar-refractivity contribution in [3.05, 3.63) is 72.9 Å². The van der Waals surface area contributed by atoms with Crippen molar-refractivity contribution in [1.29, 1.82) is 0 Å². The molecule has 4 heterocycles. The predicted octanol–water partition coefficient (Wildman–Crippen LogP) is -1.29. The van der Waals surface area contributed by atoms with Crippen molar-refractivity contribution in [3.63, 3.8) is 0 Å². The molecule has 0 saturated carbocycles. The van der Waals surface area contributed by atoms with Crippen LogP contribution in [-0.2, 0) is 33.3 Å². The number of allylic oxidation sites excluding steroid dienone is 10. The van der Waals surface area contributed by atoms with Gasteiger partial charge in [-0.1, -0.05) is 86.8 Å². The molecule has 0 amide bonds. The molecule has 3 fully saturated rings. The number of aliphatic hydroxyl groups excluding tert-OH is 12. The molecule has 23 atom stereocenters. The highest BCUT2D eigenvalue weighted by molar-refractivity contribution is 5.71. The molecule has 15 N–H and O–H groups in total. The van der Waals surface area contributed by atoms with E-state index in [1.54, 1.807) is 38.2 Å². The molecule has 3 saturated heterocycles. The second-order valence-corrected chi connectivity index (χ2v) is 21.3. The number of hydrogen-bond acceptors (Lipinski definition) is 22. The van der Waals surface area contributed by atoms with E-state index in [4.69, 9.17) is 23.7 Å². The molecule has 0 spiro atoms. The van der Waals surface area contributed by atoms with Gasteiger partial charge in [-0.05, 0) is 59.4 Å². The normalized spacial score (nSPS) is 46.2. The Balaban J connectivity index is 1.59. The van der Waals surface area contributed by atoms with Crippen molar-refractivity contribution in [1.82, 2.24) is 4.90 Å². The summed E-state index contributed by atoms with van der Waals surface area (Å²) in [6.07, 6.45) is -5.58. The van der Waals surface area contributed by atoms with Gasteiger partial charge in [0.1, 0.15) is 36.4 Å². The van der Waals surface area contributed by atoms with E-state index in [0.717, 1.165) is 0 Å². The Morgan fingerprint density at radius 3 is 1.94 bits per heavy atom. The second kappa shape index (κ2) is 31.0. The minimum Gasteiger partial charge on any atom is -0.481 e. The van der Waals surface area contributed by atoms with Crippen molar-refractivity contribution < 1.29 is 110 Å². The fourth-order valence-corrected chi connectivity index (χ4v) is 10.1. The number of hydrogen-bond donors (Lipinski definition) is 15. The number of aliphatic carboxylic acids is 1. The number of esters is 1. The lowest BCUT2D eigenvalue weighted by molar-refractivity contribution is -0.335. The third-order valence-electron chi connectivity index (χ3n) is 14.8. The molecule has 0 unspecified atom stereocenters. The molecule has 4 rings (SSSR count). The highest BCUT2D eigenvalue weighted by atomic mass is 16.7. The zero-order chi connectivity index (χ0) is 57.4. The molecule has 0 aromatic carbocycles. The number of carboxylic acids is 1. The van der Waals surface area contributed by atoms with Crippen LogP contribution < -0.4 is 0 Å². The molecule has 0 aromatic rings. The van der Waals surface area contributed by atoms with Crippen molar-refractivity contribution in [2.45, 2.75) is 213 Å². The highest BCUT2D eigenvalue weighted by Gasteiger charge is 2.54. The van der Waals surface area contributed by atoms with E-state index in [0.29, 0.717) is 12.8 Å². The number of carbonyl (C=O) groups excluding carboxylic acids is 1. The summed E-state index contributed by atoms with van der Waals surface area (Å²) in [6.45, 7) is 5.52. The minimum atomic E-state index is -2.46. The molecular weight excluding hydrogens is 1010 g/mol. The Morgan fingerprint density at radius 1 is 0.675 bits per heavy atom. The number of carbonyl (C=O) groups is 2. The Labute approximate surface area is 449 Å². The average molecular weight is 1100 g/mol. The molecule has 23 nitrogen and oxygen atoms in total. The van der Waals surface area contributed by atoms with Crippen LogP contribution in [0, 0.1) is 17.8 Å². The fourth-order valence-electron chi connectivity index (χ4n) is 10.1. The Hall–Kier alpha value is -3.38. The lowest BCUT2D eigenvalue weighted by atomic mass is 9.82. The highest BCUT2D eigenvalue weighted by Crippen LogP contribution is 2.39. The van der Waals surface area contributed by atoms with Crippen LogP contribution in [0.1, 0.15) is 91.9 Å². The molecular formula is C54H87NO22. The summed E-state index contributed by atoms with van der Waals surface area (Å²) in [5, 5.41) is 163. The molecule has 77 heavy (non-hydrogen) atoms. The number of cyclic esters (lactones) is 1. The van der Waals surface area contributed by atoms with Crippen LogP contribution in [0.4, 0.5) is 0 Å². The van der Waals surface area contributed by atoms with E-state index in [2.05, 4.69) is 0 Å². The average Bonchev–Trinajstić information content (AvgIpc) is 3.34. The summed E-state index contributed by atoms with van der Waals surface area (Å²) in [4.78, 5) is 26.7. The zero-order valence-electron chi connectivity index (χ0n) is 44.6. The lowest BCUT2D eigenvalue weighted by Crippen LogP contribution is -2.69. The monoisotopic (exact) mass is 1100 g/mol. The Kier molecular flexibility index (Phi) is 26.6. The minimum absolute atomic E-state index is 0.182. The molecule has 440 valence electrons. The first-order chi connectivity index (χ1) is 36.2. The molecule has 0 radical (unpaired) electrons. The summed E-state index contributed by atoms with van der Waals surface area (Å²) in [5.74, 6) is -9.63. The predicted molar refractivity (Wildman–Crippen MR) is 274 cm³/mol. The van der Waals surface area contributed by atoms with Gasteiger partial charge < -0.3 is 100 Å². The number of aliphatic hydroxyl groups is 14. The summed E-state index contributed by atoms with van der Waals surface area (Å²) < 4.78 is 29.0. The first kappa shape index (κ1) is 66.1. The molecule has 23 heteroatoms. The van der Waals surface area contributed by atoms with Gasteiger partial charge in [0, 0.05) is 31.1 Å². The molecule has 4 aliphatic rings. The second-order valence-electron chi connectivity index (χ2n) is 21.3. The lowest BCUT2D eigenvalue weighted by Gasteiger charge is -2.49. The molecule has 0 aromatic heterocycles. The van der Waals surface area contributed by atoms with Crippen LogP contribution in [0.25, 0.3) is 0 Å². The fraction of sp³-hybridized carbons (Fsp3) is 0.741. The van der Waals surface area contributed by atoms with Gasteiger partial charge >= 0.3 is 11.9 Å². The van der Waals surface area contributed by atoms with E-state index in [1.165, 1.54) is 31.0 Å². The van der Waals surface area contributed by atoms with Crippen molar-refractivity contribution >= 4 is 11.9 Å². The van der Waals surface area contributed by atoms with Gasteiger partial charge in [0.05, 0.1) is 92.8 Å². The van der Waals surface area contributed by atoms with Gasteiger partial charge in [-0.25, -0.2) is 0 Å². The van der Waals surface area contributed by atoms with E-state index in [9.17, 15) is 86.2 Å². The van der Waals surface area contributed by atoms with E-state index >= 15 is 0 Å². The number of likely N-dealkylation sites (N-methyl/N-ethyl adjacent to an activating group) is 1. The van der Waals surface area contributed by atoms with E-state index in [-0.39, 0.29) is 31.6 Å². The molecule has 4 aliphatic heterocycles. The van der Waals surface area contributed by atoms with Crippen LogP contribution in [0.3, 0.4) is 0 Å². The van der Waals surface area contributed by atoms with Gasteiger partial charge in [-0.3, -0.25) is 14.5 Å². The third kappa shape index (κ3) is 20.0. The zero-order valence-corrected chi connectivity index (χ0v) is 44.6. The summed E-state index contributed by atoms with van der Waals surface area (Å²) in [7, 11) is 1.38. The maximum absolute atomic E-state index is 12.7. The topological polar surface area (TPSA) is 387 Å². The largest absolute Gasteiger partial charge is 0.481 e. The van der Waals surface area contributed by atoms with Crippen molar-refractivity contribution in [2.75, 3.05) is 20.2 Å². The number of carboxylic acid groups (broad SMARTS) is 1. The summed E-state index contributed by atoms with van der Waals surface area (Å²) >= 11 is 0. The van der Waals surface area contributed by atoms with Crippen LogP contribution in [0.5, 0.6) is 0 Å². The first-order valence-electron chi connectivity index (χ1n) is 26.5. The van der Waals surface area contributed by atoms with Gasteiger partial charge in [0.15, 0.2) is 12.1 Å². The summed E-state index contributed by atoms with van der Waals surface area (Å²) in [5.41, 5.74) is 0.